The number of nitrogens with zero attached hydrogens (tertiary/aromatic N) is 2. The first-order valence-electron chi connectivity index (χ1n) is 8.00. The number of ether oxygens (including phenoxy) is 2. The quantitative estimate of drug-likeness (QED) is 0.317. The maximum absolute atomic E-state index is 11.8. The highest BCUT2D eigenvalue weighted by Crippen LogP contribution is 2.28. The second kappa shape index (κ2) is 9.71. The molecule has 0 unspecified atom stereocenters. The van der Waals surface area contributed by atoms with Crippen LogP contribution < -0.4 is 14.9 Å². The number of non-ortho nitro benzene ring substituents is 1. The Hall–Kier alpha value is -3.68. The number of carbonyl (C=O) groups excluding carboxylic acids is 1. The normalized spacial score (nSPS) is 10.4. The molecule has 0 saturated carbocycles. The van der Waals surface area contributed by atoms with E-state index in [2.05, 4.69) is 17.1 Å². The summed E-state index contributed by atoms with van der Waals surface area (Å²) in [4.78, 5) is 21.9. The number of carbonyl (C=O) groups is 1. The van der Waals surface area contributed by atoms with Crippen LogP contribution in [-0.2, 0) is 11.2 Å². The second-order valence-electron chi connectivity index (χ2n) is 5.41. The molecule has 0 saturated heterocycles. The lowest BCUT2D eigenvalue weighted by atomic mass is 10.1. The van der Waals surface area contributed by atoms with Gasteiger partial charge in [-0.3, -0.25) is 14.9 Å². The van der Waals surface area contributed by atoms with Gasteiger partial charge in [-0.15, -0.1) is 6.58 Å². The molecule has 0 bridgehead atoms. The highest BCUT2D eigenvalue weighted by Gasteiger charge is 2.08. The molecule has 1 N–H and O–H groups in total. The molecular weight excluding hydrogens is 350 g/mol. The number of benzene rings is 2. The number of nitro groups is 1. The Morgan fingerprint density at radius 1 is 1.26 bits per heavy atom. The molecule has 8 heteroatoms. The van der Waals surface area contributed by atoms with Crippen molar-refractivity contribution in [2.45, 2.75) is 6.42 Å². The van der Waals surface area contributed by atoms with Gasteiger partial charge in [-0.1, -0.05) is 12.1 Å². The van der Waals surface area contributed by atoms with E-state index in [0.717, 1.165) is 5.56 Å². The highest BCUT2D eigenvalue weighted by atomic mass is 16.6. The molecule has 0 atom stereocenters. The molecule has 0 aliphatic heterocycles. The molecule has 2 aromatic rings. The largest absolute Gasteiger partial charge is 0.493 e. The van der Waals surface area contributed by atoms with E-state index >= 15 is 0 Å². The third kappa shape index (κ3) is 5.96. The van der Waals surface area contributed by atoms with Gasteiger partial charge in [-0.25, -0.2) is 5.43 Å². The van der Waals surface area contributed by atoms with Crippen molar-refractivity contribution < 1.29 is 19.2 Å². The molecule has 0 spiro atoms. The fraction of sp³-hybridized carbons (Fsp3) is 0.158. The first-order valence-corrected chi connectivity index (χ1v) is 8.00. The predicted octanol–water partition coefficient (Wildman–Crippen LogP) is 2.86. The number of hydrogen-bond acceptors (Lipinski definition) is 6. The number of nitrogens with one attached hydrogen (secondary N) is 1. The summed E-state index contributed by atoms with van der Waals surface area (Å²) in [5, 5.41) is 14.4. The molecule has 0 aliphatic rings. The van der Waals surface area contributed by atoms with Crippen LogP contribution in [0.25, 0.3) is 0 Å². The lowest BCUT2D eigenvalue weighted by Crippen LogP contribution is -2.24. The predicted molar refractivity (Wildman–Crippen MR) is 101 cm³/mol. The summed E-state index contributed by atoms with van der Waals surface area (Å²) in [5.74, 6) is 0.515. The van der Waals surface area contributed by atoms with Crippen molar-refractivity contribution in [3.8, 4) is 11.5 Å². The van der Waals surface area contributed by atoms with Crippen molar-refractivity contribution in [3.05, 3.63) is 76.4 Å². The van der Waals surface area contributed by atoms with Gasteiger partial charge in [0.1, 0.15) is 0 Å². The summed E-state index contributed by atoms with van der Waals surface area (Å²) in [6, 6.07) is 11.2. The molecule has 0 aliphatic carbocycles. The Kier molecular flexibility index (Phi) is 7.07. The van der Waals surface area contributed by atoms with E-state index in [4.69, 9.17) is 9.47 Å². The number of hydrazone groups is 1. The standard InChI is InChI=1S/C19H19N3O5/c1-3-4-14-7-10-17(18(11-14)26-2)27-13-19(23)21-20-12-15-5-8-16(9-6-15)22(24)25/h3,5-12H,1,4,13H2,2H3,(H,21,23)/b20-12-. The van der Waals surface area contributed by atoms with E-state index in [9.17, 15) is 14.9 Å². The fourth-order valence-corrected chi connectivity index (χ4v) is 2.16. The molecule has 2 rings (SSSR count). The summed E-state index contributed by atoms with van der Waals surface area (Å²) in [6.07, 6.45) is 3.87. The monoisotopic (exact) mass is 369 g/mol. The van der Waals surface area contributed by atoms with Crippen molar-refractivity contribution >= 4 is 17.8 Å². The van der Waals surface area contributed by atoms with Gasteiger partial charge in [0.2, 0.25) is 0 Å². The van der Waals surface area contributed by atoms with Gasteiger partial charge in [0.05, 0.1) is 18.2 Å². The van der Waals surface area contributed by atoms with Crippen LogP contribution >= 0.6 is 0 Å². The topological polar surface area (TPSA) is 103 Å². The number of hydrogen-bond donors (Lipinski definition) is 1. The third-order valence-electron chi connectivity index (χ3n) is 3.47. The molecular formula is C19H19N3O5. The maximum atomic E-state index is 11.8. The Balaban J connectivity index is 1.87. The van der Waals surface area contributed by atoms with Gasteiger partial charge < -0.3 is 9.47 Å². The SMILES string of the molecule is C=CCc1ccc(OCC(=O)N/N=C\c2ccc([N+](=O)[O-])cc2)c(OC)c1. The van der Waals surface area contributed by atoms with E-state index in [1.54, 1.807) is 12.1 Å². The van der Waals surface area contributed by atoms with Gasteiger partial charge in [0, 0.05) is 12.1 Å². The van der Waals surface area contributed by atoms with E-state index in [1.165, 1.54) is 37.6 Å². The van der Waals surface area contributed by atoms with E-state index in [0.29, 0.717) is 23.5 Å². The van der Waals surface area contributed by atoms with Crippen LogP contribution in [0.3, 0.4) is 0 Å². The summed E-state index contributed by atoms with van der Waals surface area (Å²) >= 11 is 0. The summed E-state index contributed by atoms with van der Waals surface area (Å²) in [7, 11) is 1.52. The van der Waals surface area contributed by atoms with Crippen molar-refractivity contribution in [3.63, 3.8) is 0 Å². The molecule has 2 aromatic carbocycles. The van der Waals surface area contributed by atoms with Gasteiger partial charge in [0.25, 0.3) is 11.6 Å². The van der Waals surface area contributed by atoms with Crippen LogP contribution in [0.15, 0.2) is 60.2 Å². The molecule has 0 aromatic heterocycles. The minimum atomic E-state index is -0.488. The van der Waals surface area contributed by atoms with Crippen LogP contribution in [0, 0.1) is 10.1 Å². The molecule has 8 nitrogen and oxygen atoms in total. The number of methoxy groups -OCH3 is 1. The average Bonchev–Trinajstić information content (AvgIpc) is 2.67. The highest BCUT2D eigenvalue weighted by molar-refractivity contribution is 5.83. The Morgan fingerprint density at radius 2 is 2.00 bits per heavy atom. The first kappa shape index (κ1) is 19.6. The van der Waals surface area contributed by atoms with Crippen LogP contribution in [0.5, 0.6) is 11.5 Å². The molecule has 1 amide bonds. The average molecular weight is 369 g/mol. The summed E-state index contributed by atoms with van der Waals surface area (Å²) in [5.41, 5.74) is 3.94. The van der Waals surface area contributed by atoms with Crippen LogP contribution in [0.1, 0.15) is 11.1 Å². The zero-order chi connectivity index (χ0) is 19.6. The van der Waals surface area contributed by atoms with E-state index in [1.807, 2.05) is 12.1 Å². The van der Waals surface area contributed by atoms with Crippen molar-refractivity contribution in [2.75, 3.05) is 13.7 Å². The van der Waals surface area contributed by atoms with Gasteiger partial charge in [0.15, 0.2) is 18.1 Å². The molecule has 140 valence electrons. The minimum absolute atomic E-state index is 0.0161. The van der Waals surface area contributed by atoms with Crippen molar-refractivity contribution in [2.24, 2.45) is 5.10 Å². The van der Waals surface area contributed by atoms with Gasteiger partial charge in [-0.2, -0.15) is 5.10 Å². The van der Waals surface area contributed by atoms with E-state index in [-0.39, 0.29) is 12.3 Å². The number of rotatable bonds is 9. The van der Waals surface area contributed by atoms with Crippen LogP contribution in [-0.4, -0.2) is 30.8 Å². The second-order valence-corrected chi connectivity index (χ2v) is 5.41. The zero-order valence-electron chi connectivity index (χ0n) is 14.8. The van der Waals surface area contributed by atoms with E-state index < -0.39 is 10.8 Å². The first-order chi connectivity index (χ1) is 13.0. The lowest BCUT2D eigenvalue weighted by Gasteiger charge is -2.11. The zero-order valence-corrected chi connectivity index (χ0v) is 14.8. The van der Waals surface area contributed by atoms with Crippen LogP contribution in [0.4, 0.5) is 5.69 Å². The summed E-state index contributed by atoms with van der Waals surface area (Å²) in [6.45, 7) is 3.45. The fourth-order valence-electron chi connectivity index (χ4n) is 2.16. The van der Waals surface area contributed by atoms with Gasteiger partial charge >= 0.3 is 0 Å². The van der Waals surface area contributed by atoms with Crippen molar-refractivity contribution in [1.82, 2.24) is 5.43 Å². The van der Waals surface area contributed by atoms with Crippen LogP contribution in [0.2, 0.25) is 0 Å². The molecule has 0 heterocycles. The smallest absolute Gasteiger partial charge is 0.277 e. The Morgan fingerprint density at radius 3 is 2.63 bits per heavy atom. The molecule has 0 fully saturated rings. The maximum Gasteiger partial charge on any atom is 0.277 e. The minimum Gasteiger partial charge on any atom is -0.493 e. The lowest BCUT2D eigenvalue weighted by molar-refractivity contribution is -0.384. The summed E-state index contributed by atoms with van der Waals surface area (Å²) < 4.78 is 10.7. The molecule has 27 heavy (non-hydrogen) atoms. The van der Waals surface area contributed by atoms with Crippen molar-refractivity contribution in [1.29, 1.82) is 0 Å². The Bertz CT molecular complexity index is 847. The molecule has 0 radical (unpaired) electrons. The Labute approximate surface area is 156 Å². The number of amides is 1. The number of nitro benzene ring substituents is 1. The number of allylic oxidation sites excluding steroid dienone is 1. The third-order valence-corrected chi connectivity index (χ3v) is 3.47. The van der Waals surface area contributed by atoms with Gasteiger partial charge in [-0.05, 0) is 41.8 Å².